The van der Waals surface area contributed by atoms with E-state index in [1.807, 2.05) is 4.90 Å². The number of likely N-dealkylation sites (tertiary alicyclic amines) is 1. The van der Waals surface area contributed by atoms with Crippen LogP contribution in [0, 0.1) is 0 Å². The Morgan fingerprint density at radius 1 is 1.31 bits per heavy atom. The van der Waals surface area contributed by atoms with Gasteiger partial charge in [0.05, 0.1) is 6.10 Å². The van der Waals surface area contributed by atoms with Crippen molar-refractivity contribution in [2.75, 3.05) is 26.7 Å². The number of nitrogens with zero attached hydrogens (tertiary/aromatic N) is 1. The van der Waals surface area contributed by atoms with E-state index in [-0.39, 0.29) is 0 Å². The maximum atomic E-state index is 11.8. The van der Waals surface area contributed by atoms with Crippen molar-refractivity contribution >= 4 is 5.91 Å². The molecule has 1 aliphatic carbocycles. The Kier molecular flexibility index (Phi) is 4.18. The van der Waals surface area contributed by atoms with Crippen LogP contribution in [0.15, 0.2) is 0 Å². The fraction of sp³-hybridized carbons (Fsp3) is 0.917. The van der Waals surface area contributed by atoms with Gasteiger partial charge in [-0.2, -0.15) is 0 Å². The summed E-state index contributed by atoms with van der Waals surface area (Å²) in [6.07, 6.45) is 5.54. The molecule has 2 aliphatic rings. The molecule has 16 heavy (non-hydrogen) atoms. The normalized spacial score (nSPS) is 22.4. The van der Waals surface area contributed by atoms with E-state index in [9.17, 15) is 4.79 Å². The first-order chi connectivity index (χ1) is 7.79. The molecule has 2 rings (SSSR count). The van der Waals surface area contributed by atoms with Crippen molar-refractivity contribution in [3.63, 3.8) is 0 Å². The van der Waals surface area contributed by atoms with E-state index in [0.717, 1.165) is 32.5 Å². The summed E-state index contributed by atoms with van der Waals surface area (Å²) < 4.78 is 5.29. The molecule has 0 bridgehead atoms. The average molecular weight is 226 g/mol. The van der Waals surface area contributed by atoms with Gasteiger partial charge in [0.15, 0.2) is 0 Å². The lowest BCUT2D eigenvalue weighted by atomic mass is 10.1. The Morgan fingerprint density at radius 3 is 2.56 bits per heavy atom. The molecule has 4 nitrogen and oxygen atoms in total. The summed E-state index contributed by atoms with van der Waals surface area (Å²) in [7, 11) is 1.75. The highest BCUT2D eigenvalue weighted by Crippen LogP contribution is 2.18. The second-order valence-corrected chi connectivity index (χ2v) is 4.79. The molecular weight excluding hydrogens is 204 g/mol. The molecular formula is C12H22N2O2. The van der Waals surface area contributed by atoms with Gasteiger partial charge < -0.3 is 15.0 Å². The smallest absolute Gasteiger partial charge is 0.223 e. The van der Waals surface area contributed by atoms with Crippen LogP contribution in [0.2, 0.25) is 0 Å². The van der Waals surface area contributed by atoms with E-state index in [1.165, 1.54) is 12.8 Å². The molecule has 4 heteroatoms. The van der Waals surface area contributed by atoms with Crippen molar-refractivity contribution in [3.05, 3.63) is 0 Å². The predicted octanol–water partition coefficient (Wildman–Crippen LogP) is 0.766. The first kappa shape index (κ1) is 11.9. The maximum Gasteiger partial charge on any atom is 0.223 e. The molecule has 0 atom stereocenters. The Hall–Kier alpha value is -0.610. The molecule has 1 aliphatic heterocycles. The number of hydrogen-bond acceptors (Lipinski definition) is 3. The molecule has 0 aromatic heterocycles. The summed E-state index contributed by atoms with van der Waals surface area (Å²) in [5, 5.41) is 3.37. The molecule has 1 saturated carbocycles. The number of piperidine rings is 1. The van der Waals surface area contributed by atoms with Crippen LogP contribution in [0.4, 0.5) is 0 Å². The van der Waals surface area contributed by atoms with Crippen LogP contribution < -0.4 is 5.32 Å². The molecule has 92 valence electrons. The van der Waals surface area contributed by atoms with Crippen LogP contribution in [0.5, 0.6) is 0 Å². The van der Waals surface area contributed by atoms with Crippen molar-refractivity contribution in [3.8, 4) is 0 Å². The van der Waals surface area contributed by atoms with Crippen molar-refractivity contribution in [1.29, 1.82) is 0 Å². The Morgan fingerprint density at radius 2 is 2.00 bits per heavy atom. The summed E-state index contributed by atoms with van der Waals surface area (Å²) in [6.45, 7) is 2.56. The molecule has 1 N–H and O–H groups in total. The number of ether oxygens (including phenoxy) is 1. The first-order valence-corrected chi connectivity index (χ1v) is 6.33. The summed E-state index contributed by atoms with van der Waals surface area (Å²) >= 11 is 0. The molecule has 0 radical (unpaired) electrons. The van der Waals surface area contributed by atoms with E-state index in [0.29, 0.717) is 24.5 Å². The number of methoxy groups -OCH3 is 1. The highest BCUT2D eigenvalue weighted by atomic mass is 16.5. The van der Waals surface area contributed by atoms with Crippen LogP contribution in [0.25, 0.3) is 0 Å². The Bertz CT molecular complexity index is 233. The third kappa shape index (κ3) is 3.46. The van der Waals surface area contributed by atoms with Gasteiger partial charge in [-0.1, -0.05) is 0 Å². The molecule has 0 spiro atoms. The van der Waals surface area contributed by atoms with Gasteiger partial charge in [-0.3, -0.25) is 4.79 Å². The minimum atomic E-state index is 0.294. The van der Waals surface area contributed by atoms with E-state index in [1.54, 1.807) is 7.11 Å². The minimum absolute atomic E-state index is 0.294. The zero-order valence-electron chi connectivity index (χ0n) is 10.1. The monoisotopic (exact) mass is 226 g/mol. The average Bonchev–Trinajstić information content (AvgIpc) is 3.13. The van der Waals surface area contributed by atoms with Gasteiger partial charge in [0.25, 0.3) is 0 Å². The zero-order chi connectivity index (χ0) is 11.4. The predicted molar refractivity (Wildman–Crippen MR) is 62.3 cm³/mol. The molecule has 0 aromatic rings. The lowest BCUT2D eigenvalue weighted by molar-refractivity contribution is -0.133. The minimum Gasteiger partial charge on any atom is -0.381 e. The molecule has 1 amide bonds. The Balaban J connectivity index is 1.61. The summed E-state index contributed by atoms with van der Waals surface area (Å²) in [5.41, 5.74) is 0. The summed E-state index contributed by atoms with van der Waals surface area (Å²) in [4.78, 5) is 13.8. The number of rotatable bonds is 5. The van der Waals surface area contributed by atoms with Crippen molar-refractivity contribution in [1.82, 2.24) is 10.2 Å². The number of amides is 1. The van der Waals surface area contributed by atoms with Gasteiger partial charge >= 0.3 is 0 Å². The summed E-state index contributed by atoms with van der Waals surface area (Å²) in [5.74, 6) is 0.294. The second-order valence-electron chi connectivity index (χ2n) is 4.79. The molecule has 0 aromatic carbocycles. The molecule has 2 fully saturated rings. The van der Waals surface area contributed by atoms with Gasteiger partial charge in [-0.25, -0.2) is 0 Å². The van der Waals surface area contributed by atoms with Crippen molar-refractivity contribution < 1.29 is 9.53 Å². The third-order valence-corrected chi connectivity index (χ3v) is 3.48. The number of carbonyl (C=O) groups is 1. The lowest BCUT2D eigenvalue weighted by Crippen LogP contribution is -2.41. The third-order valence-electron chi connectivity index (χ3n) is 3.48. The standard InChI is InChI=1S/C12H22N2O2/c1-16-11-5-8-14(9-6-11)12(15)4-7-13-10-2-3-10/h10-11,13H,2-9H2,1H3. The number of nitrogens with one attached hydrogen (secondary N) is 1. The van der Waals surface area contributed by atoms with Crippen LogP contribution in [-0.2, 0) is 9.53 Å². The highest BCUT2D eigenvalue weighted by molar-refractivity contribution is 5.76. The number of hydrogen-bond donors (Lipinski definition) is 1. The SMILES string of the molecule is COC1CCN(C(=O)CCNC2CC2)CC1. The molecule has 0 unspecified atom stereocenters. The van der Waals surface area contributed by atoms with Gasteiger partial charge in [0.1, 0.15) is 0 Å². The topological polar surface area (TPSA) is 41.6 Å². The largest absolute Gasteiger partial charge is 0.381 e. The summed E-state index contributed by atoms with van der Waals surface area (Å²) in [6, 6.07) is 0.701. The van der Waals surface area contributed by atoms with Crippen LogP contribution >= 0.6 is 0 Å². The molecule has 1 heterocycles. The molecule has 1 saturated heterocycles. The maximum absolute atomic E-state index is 11.8. The van der Waals surface area contributed by atoms with E-state index in [4.69, 9.17) is 4.74 Å². The quantitative estimate of drug-likeness (QED) is 0.752. The fourth-order valence-electron chi connectivity index (χ4n) is 2.17. The van der Waals surface area contributed by atoms with Crippen LogP contribution in [0.1, 0.15) is 32.1 Å². The number of carbonyl (C=O) groups excluding carboxylic acids is 1. The van der Waals surface area contributed by atoms with Gasteiger partial charge in [0.2, 0.25) is 5.91 Å². The van der Waals surface area contributed by atoms with Gasteiger partial charge in [-0.15, -0.1) is 0 Å². The van der Waals surface area contributed by atoms with Gasteiger partial charge in [-0.05, 0) is 25.7 Å². The van der Waals surface area contributed by atoms with Crippen LogP contribution in [-0.4, -0.2) is 49.7 Å². The first-order valence-electron chi connectivity index (χ1n) is 6.33. The van der Waals surface area contributed by atoms with E-state index < -0.39 is 0 Å². The Labute approximate surface area is 97.3 Å². The fourth-order valence-corrected chi connectivity index (χ4v) is 2.17. The zero-order valence-corrected chi connectivity index (χ0v) is 10.1. The van der Waals surface area contributed by atoms with Crippen molar-refractivity contribution in [2.24, 2.45) is 0 Å². The van der Waals surface area contributed by atoms with E-state index in [2.05, 4.69) is 5.32 Å². The lowest BCUT2D eigenvalue weighted by Gasteiger charge is -2.31. The van der Waals surface area contributed by atoms with Crippen LogP contribution in [0.3, 0.4) is 0 Å². The van der Waals surface area contributed by atoms with Gasteiger partial charge in [0, 0.05) is 39.2 Å². The van der Waals surface area contributed by atoms with Crippen molar-refractivity contribution in [2.45, 2.75) is 44.2 Å². The second kappa shape index (κ2) is 5.64. The highest BCUT2D eigenvalue weighted by Gasteiger charge is 2.23. The van der Waals surface area contributed by atoms with E-state index >= 15 is 0 Å².